The summed E-state index contributed by atoms with van der Waals surface area (Å²) >= 11 is 0. The Labute approximate surface area is 196 Å². The molecule has 194 valence electrons. The minimum atomic E-state index is -5.67. The highest BCUT2D eigenvalue weighted by molar-refractivity contribution is 5.86. The van der Waals surface area contributed by atoms with Crippen LogP contribution in [0.2, 0.25) is 0 Å². The zero-order valence-corrected chi connectivity index (χ0v) is 18.4. The first-order chi connectivity index (χ1) is 16.2. The maximum atomic E-state index is 14.6. The smallest absolute Gasteiger partial charge is 0.207 e. The van der Waals surface area contributed by atoms with Crippen LogP contribution in [0.5, 0.6) is 0 Å². The normalized spacial score (nSPS) is 12.9. The van der Waals surface area contributed by atoms with Gasteiger partial charge in [-0.1, -0.05) is 6.07 Å². The number of hydrogen-bond acceptors (Lipinski definition) is 0. The monoisotopic (exact) mass is 530 g/mol. The minimum Gasteiger partial charge on any atom is -0.207 e. The van der Waals surface area contributed by atoms with E-state index in [1.165, 1.54) is 6.92 Å². The second kappa shape index (κ2) is 8.74. The van der Waals surface area contributed by atoms with Crippen LogP contribution in [0.1, 0.15) is 33.4 Å². The second-order valence-electron chi connectivity index (χ2n) is 8.07. The summed E-state index contributed by atoms with van der Waals surface area (Å²) in [5.74, 6) is -4.55. The molecule has 0 N–H and O–H groups in total. The highest BCUT2D eigenvalue weighted by Gasteiger charge is 2.45. The molecule has 0 aliphatic carbocycles. The molecule has 3 rings (SSSR count). The molecule has 0 saturated carbocycles. The van der Waals surface area contributed by atoms with Gasteiger partial charge in [-0.05, 0) is 66.8 Å². The maximum absolute atomic E-state index is 14.6. The number of halogens is 12. The molecule has 12 heteroatoms. The standard InChI is InChI=1S/C24H14F12/c1-9-4-10(2)19(11(3)18(9)14-7-13(25)8-17(26)21(14)27)20-15(23(31,32)33)5-12(22(28,29)30)6-16(20)24(34,35)36/h4-8H,1-3H3. The Balaban J connectivity index is 2.59. The molecule has 0 nitrogen and oxygen atoms in total. The Hall–Kier alpha value is -3.18. The molecule has 0 aliphatic rings. The van der Waals surface area contributed by atoms with Crippen LogP contribution in [-0.2, 0) is 18.5 Å². The number of hydrogen-bond donors (Lipinski definition) is 0. The first-order valence-corrected chi connectivity index (χ1v) is 9.90. The van der Waals surface area contributed by atoms with Crippen molar-refractivity contribution >= 4 is 0 Å². The van der Waals surface area contributed by atoms with Crippen LogP contribution < -0.4 is 0 Å². The van der Waals surface area contributed by atoms with Gasteiger partial charge in [0, 0.05) is 17.2 Å². The van der Waals surface area contributed by atoms with E-state index in [4.69, 9.17) is 0 Å². The Morgan fingerprint density at radius 3 is 1.44 bits per heavy atom. The average Bonchev–Trinajstić information content (AvgIpc) is 2.68. The predicted molar refractivity (Wildman–Crippen MR) is 106 cm³/mol. The first kappa shape index (κ1) is 27.4. The Morgan fingerprint density at radius 1 is 0.528 bits per heavy atom. The molecule has 0 saturated heterocycles. The van der Waals surface area contributed by atoms with E-state index in [0.29, 0.717) is 6.07 Å². The summed E-state index contributed by atoms with van der Waals surface area (Å²) in [6.45, 7) is 3.38. The summed E-state index contributed by atoms with van der Waals surface area (Å²) in [6, 6.07) is 0.877. The van der Waals surface area contributed by atoms with Crippen LogP contribution in [-0.4, -0.2) is 0 Å². The zero-order valence-electron chi connectivity index (χ0n) is 18.4. The van der Waals surface area contributed by atoms with Crippen LogP contribution >= 0.6 is 0 Å². The molecule has 0 fully saturated rings. The van der Waals surface area contributed by atoms with Gasteiger partial charge < -0.3 is 0 Å². The van der Waals surface area contributed by atoms with E-state index in [0.717, 1.165) is 19.9 Å². The summed E-state index contributed by atoms with van der Waals surface area (Å²) in [5.41, 5.74) is -10.9. The predicted octanol–water partition coefficient (Wildman–Crippen LogP) is 9.42. The van der Waals surface area contributed by atoms with Gasteiger partial charge in [0.05, 0.1) is 16.7 Å². The lowest BCUT2D eigenvalue weighted by Gasteiger charge is -2.25. The van der Waals surface area contributed by atoms with Crippen LogP contribution in [0, 0.1) is 38.2 Å². The fourth-order valence-corrected chi connectivity index (χ4v) is 4.24. The van der Waals surface area contributed by atoms with Crippen molar-refractivity contribution in [2.45, 2.75) is 39.3 Å². The summed E-state index contributed by atoms with van der Waals surface area (Å²) in [6.07, 6.45) is -16.9. The molecule has 0 aromatic heterocycles. The van der Waals surface area contributed by atoms with E-state index < -0.39 is 92.6 Å². The molecule has 36 heavy (non-hydrogen) atoms. The summed E-state index contributed by atoms with van der Waals surface area (Å²) in [4.78, 5) is 0. The van der Waals surface area contributed by atoms with Crippen molar-refractivity contribution in [2.75, 3.05) is 0 Å². The maximum Gasteiger partial charge on any atom is 0.417 e. The van der Waals surface area contributed by atoms with Crippen molar-refractivity contribution in [3.8, 4) is 22.3 Å². The molecule has 3 aromatic carbocycles. The molecule has 0 radical (unpaired) electrons. The molecule has 0 aliphatic heterocycles. The van der Waals surface area contributed by atoms with Gasteiger partial charge in [0.25, 0.3) is 0 Å². The summed E-state index contributed by atoms with van der Waals surface area (Å²) < 4.78 is 165. The molecule has 0 amide bonds. The van der Waals surface area contributed by atoms with Gasteiger partial charge in [0.2, 0.25) is 0 Å². The molecule has 0 atom stereocenters. The molecule has 3 aromatic rings. The van der Waals surface area contributed by atoms with Gasteiger partial charge in [0.15, 0.2) is 11.6 Å². The lowest BCUT2D eigenvalue weighted by atomic mass is 9.82. The Kier molecular flexibility index (Phi) is 6.65. The van der Waals surface area contributed by atoms with Crippen LogP contribution in [0.4, 0.5) is 52.7 Å². The average molecular weight is 530 g/mol. The van der Waals surface area contributed by atoms with Crippen LogP contribution in [0.25, 0.3) is 22.3 Å². The van der Waals surface area contributed by atoms with Crippen molar-refractivity contribution in [3.05, 3.63) is 81.2 Å². The van der Waals surface area contributed by atoms with Crippen LogP contribution in [0.3, 0.4) is 0 Å². The third-order valence-electron chi connectivity index (χ3n) is 5.56. The fourth-order valence-electron chi connectivity index (χ4n) is 4.24. The van der Waals surface area contributed by atoms with Gasteiger partial charge in [0.1, 0.15) is 5.82 Å². The van der Waals surface area contributed by atoms with Crippen molar-refractivity contribution in [1.82, 2.24) is 0 Å². The van der Waals surface area contributed by atoms with Gasteiger partial charge in [-0.3, -0.25) is 0 Å². The van der Waals surface area contributed by atoms with E-state index in [1.54, 1.807) is 0 Å². The molecule has 0 heterocycles. The van der Waals surface area contributed by atoms with Crippen molar-refractivity contribution in [3.63, 3.8) is 0 Å². The van der Waals surface area contributed by atoms with E-state index in [2.05, 4.69) is 0 Å². The van der Waals surface area contributed by atoms with Crippen LogP contribution in [0.15, 0.2) is 30.3 Å². The van der Waals surface area contributed by atoms with Crippen molar-refractivity contribution < 1.29 is 52.7 Å². The van der Waals surface area contributed by atoms with Crippen molar-refractivity contribution in [2.24, 2.45) is 0 Å². The topological polar surface area (TPSA) is 0 Å². The second-order valence-corrected chi connectivity index (χ2v) is 8.07. The number of alkyl halides is 9. The lowest BCUT2D eigenvalue weighted by molar-refractivity contribution is -0.147. The highest BCUT2D eigenvalue weighted by atomic mass is 19.4. The Bertz CT molecular complexity index is 1310. The summed E-state index contributed by atoms with van der Waals surface area (Å²) in [5, 5.41) is 0. The van der Waals surface area contributed by atoms with Gasteiger partial charge in [-0.15, -0.1) is 0 Å². The number of aryl methyl sites for hydroxylation is 2. The molecular formula is C24H14F12. The molecular weight excluding hydrogens is 516 g/mol. The van der Waals surface area contributed by atoms with Crippen molar-refractivity contribution in [1.29, 1.82) is 0 Å². The zero-order chi connectivity index (χ0) is 27.5. The molecule has 0 spiro atoms. The third-order valence-corrected chi connectivity index (χ3v) is 5.56. The number of benzene rings is 3. The van der Waals surface area contributed by atoms with Gasteiger partial charge in [-0.25, -0.2) is 13.2 Å². The quantitative estimate of drug-likeness (QED) is 0.229. The highest BCUT2D eigenvalue weighted by Crippen LogP contribution is 2.50. The van der Waals surface area contributed by atoms with E-state index in [1.807, 2.05) is 0 Å². The van der Waals surface area contributed by atoms with E-state index >= 15 is 0 Å². The minimum absolute atomic E-state index is 0.0479. The third kappa shape index (κ3) is 4.90. The largest absolute Gasteiger partial charge is 0.417 e. The lowest BCUT2D eigenvalue weighted by Crippen LogP contribution is -2.19. The summed E-state index contributed by atoms with van der Waals surface area (Å²) in [7, 11) is 0. The molecule has 0 unspecified atom stereocenters. The number of rotatable bonds is 2. The fraction of sp³-hybridized carbons (Fsp3) is 0.250. The Morgan fingerprint density at radius 2 is 1.00 bits per heavy atom. The first-order valence-electron chi connectivity index (χ1n) is 9.90. The van der Waals surface area contributed by atoms with Gasteiger partial charge >= 0.3 is 18.5 Å². The molecule has 0 bridgehead atoms. The van der Waals surface area contributed by atoms with Gasteiger partial charge in [-0.2, -0.15) is 39.5 Å². The van der Waals surface area contributed by atoms with E-state index in [-0.39, 0.29) is 17.2 Å². The van der Waals surface area contributed by atoms with E-state index in [9.17, 15) is 52.7 Å². The SMILES string of the molecule is Cc1cc(C)c(-c2c(C(F)(F)F)cc(C(F)(F)F)cc2C(F)(F)F)c(C)c1-c1cc(F)cc(F)c1F.